The van der Waals surface area contributed by atoms with Crippen LogP contribution in [0.5, 0.6) is 0 Å². The zero-order valence-corrected chi connectivity index (χ0v) is 13.8. The molecule has 21 heavy (non-hydrogen) atoms. The van der Waals surface area contributed by atoms with Gasteiger partial charge in [0.25, 0.3) is 0 Å². The summed E-state index contributed by atoms with van der Waals surface area (Å²) in [5, 5.41) is 3.17. The van der Waals surface area contributed by atoms with Crippen LogP contribution in [0.25, 0.3) is 0 Å². The van der Waals surface area contributed by atoms with E-state index in [1.54, 1.807) is 0 Å². The Labute approximate surface area is 129 Å². The molecule has 0 aromatic carbocycles. The third-order valence-electron chi connectivity index (χ3n) is 5.17. The number of piperazine rings is 1. The molecule has 1 aliphatic carbocycles. The van der Waals surface area contributed by atoms with Gasteiger partial charge >= 0.3 is 0 Å². The van der Waals surface area contributed by atoms with Crippen LogP contribution in [0.15, 0.2) is 0 Å². The molecular weight excluding hydrogens is 264 g/mol. The van der Waals surface area contributed by atoms with Gasteiger partial charge < -0.3 is 16.0 Å². The lowest BCUT2D eigenvalue weighted by Crippen LogP contribution is -2.54. The first kappa shape index (κ1) is 16.7. The van der Waals surface area contributed by atoms with E-state index >= 15 is 0 Å². The second-order valence-electron chi connectivity index (χ2n) is 7.10. The number of nitrogens with zero attached hydrogens (tertiary/aromatic N) is 2. The Balaban J connectivity index is 1.84. The van der Waals surface area contributed by atoms with Crippen LogP contribution in [-0.4, -0.2) is 67.6 Å². The summed E-state index contributed by atoms with van der Waals surface area (Å²) in [5.41, 5.74) is 6.03. The van der Waals surface area contributed by atoms with Crippen LogP contribution in [0.4, 0.5) is 0 Å². The van der Waals surface area contributed by atoms with E-state index in [9.17, 15) is 4.79 Å². The highest BCUT2D eigenvalue weighted by molar-refractivity contribution is 5.79. The summed E-state index contributed by atoms with van der Waals surface area (Å²) >= 11 is 0. The van der Waals surface area contributed by atoms with Crippen molar-refractivity contribution in [2.45, 2.75) is 45.2 Å². The Bertz CT molecular complexity index is 339. The topological polar surface area (TPSA) is 61.6 Å². The van der Waals surface area contributed by atoms with Crippen LogP contribution in [0.2, 0.25) is 0 Å². The van der Waals surface area contributed by atoms with Gasteiger partial charge in [-0.05, 0) is 25.8 Å². The summed E-state index contributed by atoms with van der Waals surface area (Å²) in [4.78, 5) is 17.2. The summed E-state index contributed by atoms with van der Waals surface area (Å²) in [6.45, 7) is 9.67. The second kappa shape index (κ2) is 7.56. The Morgan fingerprint density at radius 3 is 2.43 bits per heavy atom. The van der Waals surface area contributed by atoms with Crippen LogP contribution < -0.4 is 11.1 Å². The summed E-state index contributed by atoms with van der Waals surface area (Å²) in [6.07, 6.45) is 3.03. The zero-order chi connectivity index (χ0) is 15.4. The van der Waals surface area contributed by atoms with Crippen molar-refractivity contribution in [1.82, 2.24) is 15.1 Å². The number of nitrogens with one attached hydrogen (secondary N) is 1. The van der Waals surface area contributed by atoms with Crippen molar-refractivity contribution in [2.75, 3.05) is 39.8 Å². The van der Waals surface area contributed by atoms with E-state index in [2.05, 4.69) is 36.0 Å². The van der Waals surface area contributed by atoms with E-state index in [1.165, 1.54) is 0 Å². The van der Waals surface area contributed by atoms with E-state index in [4.69, 9.17) is 5.73 Å². The van der Waals surface area contributed by atoms with Gasteiger partial charge in [-0.15, -0.1) is 0 Å². The molecule has 1 aliphatic heterocycles. The summed E-state index contributed by atoms with van der Waals surface area (Å²) in [5.74, 6) is 0.746. The normalized spacial score (nSPS) is 29.8. The minimum absolute atomic E-state index is 0.0327. The molecule has 0 radical (unpaired) electrons. The number of rotatable bonds is 5. The van der Waals surface area contributed by atoms with Gasteiger partial charge in [0, 0.05) is 44.8 Å². The lowest BCUT2D eigenvalue weighted by atomic mass is 10.00. The van der Waals surface area contributed by atoms with Gasteiger partial charge in [0.1, 0.15) is 0 Å². The molecular formula is C16H32N4O. The van der Waals surface area contributed by atoms with E-state index < -0.39 is 0 Å². The number of carbonyl (C=O) groups excluding carboxylic acids is 1. The lowest BCUT2D eigenvalue weighted by molar-refractivity contribution is -0.125. The predicted molar refractivity (Wildman–Crippen MR) is 86.0 cm³/mol. The molecule has 1 heterocycles. The van der Waals surface area contributed by atoms with Crippen molar-refractivity contribution in [3.05, 3.63) is 0 Å². The van der Waals surface area contributed by atoms with Crippen molar-refractivity contribution in [3.8, 4) is 0 Å². The van der Waals surface area contributed by atoms with Crippen molar-refractivity contribution < 1.29 is 4.79 Å². The van der Waals surface area contributed by atoms with Crippen LogP contribution >= 0.6 is 0 Å². The molecule has 5 nitrogen and oxygen atoms in total. The molecule has 1 saturated heterocycles. The minimum atomic E-state index is 0.0327. The molecule has 3 unspecified atom stereocenters. The van der Waals surface area contributed by atoms with Gasteiger partial charge in [-0.25, -0.2) is 0 Å². The molecule has 0 bridgehead atoms. The average molecular weight is 296 g/mol. The Hall–Kier alpha value is -0.650. The molecule has 3 N–H and O–H groups in total. The van der Waals surface area contributed by atoms with Gasteiger partial charge in [0.05, 0.1) is 5.92 Å². The molecule has 3 atom stereocenters. The van der Waals surface area contributed by atoms with E-state index in [0.717, 1.165) is 52.0 Å². The van der Waals surface area contributed by atoms with Crippen molar-refractivity contribution in [2.24, 2.45) is 17.6 Å². The molecule has 0 spiro atoms. The SMILES string of the molecule is CC(C)C(CNC(=O)C1CCCC1N)N1CCN(C)CC1. The Morgan fingerprint density at radius 2 is 1.90 bits per heavy atom. The molecule has 2 aliphatic rings. The fourth-order valence-electron chi connectivity index (χ4n) is 3.59. The van der Waals surface area contributed by atoms with Crippen LogP contribution in [0, 0.1) is 11.8 Å². The Morgan fingerprint density at radius 1 is 1.24 bits per heavy atom. The van der Waals surface area contributed by atoms with Crippen LogP contribution in [-0.2, 0) is 4.79 Å². The third-order valence-corrected chi connectivity index (χ3v) is 5.17. The number of nitrogens with two attached hydrogens (primary N) is 1. The van der Waals surface area contributed by atoms with Crippen molar-refractivity contribution in [3.63, 3.8) is 0 Å². The van der Waals surface area contributed by atoms with Gasteiger partial charge in [-0.3, -0.25) is 9.69 Å². The number of hydrogen-bond acceptors (Lipinski definition) is 4. The molecule has 5 heteroatoms. The number of likely N-dealkylation sites (N-methyl/N-ethyl adjacent to an activating group) is 1. The second-order valence-corrected chi connectivity index (χ2v) is 7.10. The summed E-state index contributed by atoms with van der Waals surface area (Å²) in [7, 11) is 2.17. The average Bonchev–Trinajstić information content (AvgIpc) is 2.86. The zero-order valence-electron chi connectivity index (χ0n) is 13.8. The number of carbonyl (C=O) groups is 1. The van der Waals surface area contributed by atoms with Crippen molar-refractivity contribution >= 4 is 5.91 Å². The standard InChI is InChI=1S/C16H32N4O/c1-12(2)15(20-9-7-19(3)8-10-20)11-18-16(21)13-5-4-6-14(13)17/h12-15H,4-11,17H2,1-3H3,(H,18,21). The molecule has 1 saturated carbocycles. The van der Waals surface area contributed by atoms with E-state index in [-0.39, 0.29) is 17.9 Å². The smallest absolute Gasteiger partial charge is 0.224 e. The molecule has 2 fully saturated rings. The van der Waals surface area contributed by atoms with Gasteiger partial charge in [-0.1, -0.05) is 20.3 Å². The summed E-state index contributed by atoms with van der Waals surface area (Å²) < 4.78 is 0. The maximum Gasteiger partial charge on any atom is 0.224 e. The number of hydrogen-bond donors (Lipinski definition) is 2. The van der Waals surface area contributed by atoms with Crippen LogP contribution in [0.1, 0.15) is 33.1 Å². The summed E-state index contributed by atoms with van der Waals surface area (Å²) in [6, 6.07) is 0.492. The first-order valence-electron chi connectivity index (χ1n) is 8.45. The van der Waals surface area contributed by atoms with Gasteiger partial charge in [0.15, 0.2) is 0 Å². The monoisotopic (exact) mass is 296 g/mol. The quantitative estimate of drug-likeness (QED) is 0.776. The first-order valence-corrected chi connectivity index (χ1v) is 8.45. The maximum absolute atomic E-state index is 12.3. The van der Waals surface area contributed by atoms with E-state index in [0.29, 0.717) is 12.0 Å². The van der Waals surface area contributed by atoms with Crippen molar-refractivity contribution in [1.29, 1.82) is 0 Å². The fraction of sp³-hybridized carbons (Fsp3) is 0.938. The molecule has 0 aromatic heterocycles. The molecule has 1 amide bonds. The predicted octanol–water partition coefficient (Wildman–Crippen LogP) is 0.502. The fourth-order valence-corrected chi connectivity index (χ4v) is 3.59. The first-order chi connectivity index (χ1) is 9.99. The minimum Gasteiger partial charge on any atom is -0.354 e. The highest BCUT2D eigenvalue weighted by atomic mass is 16.1. The van der Waals surface area contributed by atoms with Crippen LogP contribution in [0.3, 0.4) is 0 Å². The molecule has 2 rings (SSSR count). The lowest BCUT2D eigenvalue weighted by Gasteiger charge is -2.40. The highest BCUT2D eigenvalue weighted by Crippen LogP contribution is 2.24. The largest absolute Gasteiger partial charge is 0.354 e. The number of amides is 1. The molecule has 0 aromatic rings. The third kappa shape index (κ3) is 4.41. The maximum atomic E-state index is 12.3. The van der Waals surface area contributed by atoms with E-state index in [1.807, 2.05) is 0 Å². The van der Waals surface area contributed by atoms with Gasteiger partial charge in [-0.2, -0.15) is 0 Å². The Kier molecular flexibility index (Phi) is 6.02. The highest BCUT2D eigenvalue weighted by Gasteiger charge is 2.31. The molecule has 122 valence electrons. The van der Waals surface area contributed by atoms with Gasteiger partial charge in [0.2, 0.25) is 5.91 Å².